The molecule has 2 N–H and O–H groups in total. The molecule has 1 heterocycles. The summed E-state index contributed by atoms with van der Waals surface area (Å²) in [5, 5.41) is 0. The SMILES string of the molecule is CCOc1cccc(Oc2cc(N)nc(C(C)C)n2)c1. The van der Waals surface area contributed by atoms with E-state index in [-0.39, 0.29) is 5.92 Å². The second-order valence-electron chi connectivity index (χ2n) is 4.65. The Kier molecular flexibility index (Phi) is 4.40. The first-order valence-corrected chi connectivity index (χ1v) is 6.63. The molecule has 0 atom stereocenters. The van der Waals surface area contributed by atoms with Gasteiger partial charge in [-0.2, -0.15) is 4.98 Å². The first kappa shape index (κ1) is 14.1. The van der Waals surface area contributed by atoms with E-state index in [9.17, 15) is 0 Å². The lowest BCUT2D eigenvalue weighted by Crippen LogP contribution is -2.03. The Hall–Kier alpha value is -2.30. The average molecular weight is 273 g/mol. The molecule has 0 unspecified atom stereocenters. The molecule has 5 nitrogen and oxygen atoms in total. The van der Waals surface area contributed by atoms with Crippen LogP contribution in [0.15, 0.2) is 30.3 Å². The van der Waals surface area contributed by atoms with Crippen LogP contribution in [-0.2, 0) is 0 Å². The van der Waals surface area contributed by atoms with Crippen molar-refractivity contribution in [1.29, 1.82) is 0 Å². The molecule has 0 saturated carbocycles. The van der Waals surface area contributed by atoms with Gasteiger partial charge in [0, 0.05) is 18.1 Å². The molecule has 2 rings (SSSR count). The van der Waals surface area contributed by atoms with Crippen molar-refractivity contribution in [3.05, 3.63) is 36.2 Å². The molecule has 1 aromatic carbocycles. The van der Waals surface area contributed by atoms with Gasteiger partial charge in [-0.1, -0.05) is 19.9 Å². The fourth-order valence-corrected chi connectivity index (χ4v) is 1.69. The number of rotatable bonds is 5. The summed E-state index contributed by atoms with van der Waals surface area (Å²) in [6.07, 6.45) is 0. The molecule has 0 amide bonds. The quantitative estimate of drug-likeness (QED) is 0.904. The fourth-order valence-electron chi connectivity index (χ4n) is 1.69. The summed E-state index contributed by atoms with van der Waals surface area (Å²) in [7, 11) is 0. The summed E-state index contributed by atoms with van der Waals surface area (Å²) in [4.78, 5) is 8.53. The van der Waals surface area contributed by atoms with Gasteiger partial charge in [0.1, 0.15) is 23.1 Å². The first-order valence-electron chi connectivity index (χ1n) is 6.63. The van der Waals surface area contributed by atoms with Crippen molar-refractivity contribution in [3.63, 3.8) is 0 Å². The number of ether oxygens (including phenoxy) is 2. The van der Waals surface area contributed by atoms with Gasteiger partial charge in [-0.15, -0.1) is 0 Å². The van der Waals surface area contributed by atoms with E-state index in [1.54, 1.807) is 6.07 Å². The van der Waals surface area contributed by atoms with E-state index in [4.69, 9.17) is 15.2 Å². The number of nitrogens with zero attached hydrogens (tertiary/aromatic N) is 2. The Morgan fingerprint density at radius 1 is 1.15 bits per heavy atom. The van der Waals surface area contributed by atoms with Gasteiger partial charge in [-0.05, 0) is 19.1 Å². The largest absolute Gasteiger partial charge is 0.494 e. The van der Waals surface area contributed by atoms with Gasteiger partial charge in [0.15, 0.2) is 0 Å². The van der Waals surface area contributed by atoms with Crippen molar-refractivity contribution in [3.8, 4) is 17.4 Å². The van der Waals surface area contributed by atoms with Crippen LogP contribution in [0.25, 0.3) is 0 Å². The van der Waals surface area contributed by atoms with Crippen LogP contribution in [0, 0.1) is 0 Å². The van der Waals surface area contributed by atoms with Crippen LogP contribution in [0.1, 0.15) is 32.5 Å². The second-order valence-corrected chi connectivity index (χ2v) is 4.65. The van der Waals surface area contributed by atoms with Crippen molar-refractivity contribution < 1.29 is 9.47 Å². The molecule has 0 fully saturated rings. The normalized spacial score (nSPS) is 10.6. The van der Waals surface area contributed by atoms with E-state index in [1.165, 1.54) is 0 Å². The molecule has 5 heteroatoms. The fraction of sp³-hybridized carbons (Fsp3) is 0.333. The second kappa shape index (κ2) is 6.23. The molecular weight excluding hydrogens is 254 g/mol. The van der Waals surface area contributed by atoms with Gasteiger partial charge in [-0.25, -0.2) is 4.98 Å². The Balaban J connectivity index is 2.23. The van der Waals surface area contributed by atoms with Gasteiger partial charge in [-0.3, -0.25) is 0 Å². The van der Waals surface area contributed by atoms with Crippen molar-refractivity contribution in [1.82, 2.24) is 9.97 Å². The summed E-state index contributed by atoms with van der Waals surface area (Å²) in [5.74, 6) is 3.12. The highest BCUT2D eigenvalue weighted by Crippen LogP contribution is 2.25. The van der Waals surface area contributed by atoms with Crippen molar-refractivity contribution in [2.75, 3.05) is 12.3 Å². The van der Waals surface area contributed by atoms with Crippen LogP contribution < -0.4 is 15.2 Å². The van der Waals surface area contributed by atoms with Crippen molar-refractivity contribution in [2.24, 2.45) is 0 Å². The number of anilines is 1. The number of benzene rings is 1. The Morgan fingerprint density at radius 3 is 2.60 bits per heavy atom. The monoisotopic (exact) mass is 273 g/mol. The molecule has 0 aliphatic heterocycles. The molecule has 20 heavy (non-hydrogen) atoms. The maximum absolute atomic E-state index is 5.77. The minimum absolute atomic E-state index is 0.190. The maximum atomic E-state index is 5.77. The number of aromatic nitrogens is 2. The highest BCUT2D eigenvalue weighted by Gasteiger charge is 2.08. The molecule has 0 aliphatic rings. The van der Waals surface area contributed by atoms with Crippen LogP contribution in [0.3, 0.4) is 0 Å². The molecule has 0 bridgehead atoms. The summed E-state index contributed by atoms with van der Waals surface area (Å²) in [5.41, 5.74) is 5.77. The van der Waals surface area contributed by atoms with E-state index in [2.05, 4.69) is 9.97 Å². The zero-order valence-corrected chi connectivity index (χ0v) is 12.0. The van der Waals surface area contributed by atoms with Crippen LogP contribution in [0.5, 0.6) is 17.4 Å². The lowest BCUT2D eigenvalue weighted by atomic mass is 10.2. The van der Waals surface area contributed by atoms with Gasteiger partial charge >= 0.3 is 0 Å². The number of hydrogen-bond donors (Lipinski definition) is 1. The Morgan fingerprint density at radius 2 is 1.90 bits per heavy atom. The first-order chi connectivity index (χ1) is 9.58. The zero-order valence-electron chi connectivity index (χ0n) is 12.0. The van der Waals surface area contributed by atoms with E-state index >= 15 is 0 Å². The predicted octanol–water partition coefficient (Wildman–Crippen LogP) is 3.37. The van der Waals surface area contributed by atoms with Gasteiger partial charge in [0.2, 0.25) is 5.88 Å². The van der Waals surface area contributed by atoms with Gasteiger partial charge in [0.05, 0.1) is 6.61 Å². The van der Waals surface area contributed by atoms with Crippen molar-refractivity contribution in [2.45, 2.75) is 26.7 Å². The van der Waals surface area contributed by atoms with E-state index in [0.29, 0.717) is 29.9 Å². The molecule has 106 valence electrons. The van der Waals surface area contributed by atoms with Gasteiger partial charge < -0.3 is 15.2 Å². The molecule has 0 aliphatic carbocycles. The molecule has 2 aromatic rings. The summed E-state index contributed by atoms with van der Waals surface area (Å²) < 4.78 is 11.2. The molecule has 0 radical (unpaired) electrons. The zero-order chi connectivity index (χ0) is 14.5. The lowest BCUT2D eigenvalue weighted by molar-refractivity contribution is 0.338. The third-order valence-electron chi connectivity index (χ3n) is 2.60. The number of nitrogen functional groups attached to an aromatic ring is 1. The van der Waals surface area contributed by atoms with E-state index in [1.807, 2.05) is 45.0 Å². The van der Waals surface area contributed by atoms with Crippen LogP contribution in [0.2, 0.25) is 0 Å². The predicted molar refractivity (Wildman–Crippen MR) is 78.2 cm³/mol. The molecule has 0 spiro atoms. The van der Waals surface area contributed by atoms with Crippen LogP contribution >= 0.6 is 0 Å². The van der Waals surface area contributed by atoms with Crippen LogP contribution in [0.4, 0.5) is 5.82 Å². The smallest absolute Gasteiger partial charge is 0.224 e. The molecular formula is C15H19N3O2. The Labute approximate surface area is 118 Å². The number of nitrogens with two attached hydrogens (primary N) is 1. The standard InChI is InChI=1S/C15H19N3O2/c1-4-19-11-6-5-7-12(8-11)20-14-9-13(16)17-15(18-14)10(2)3/h5-10H,4H2,1-3H3,(H2,16,17,18). The molecule has 1 aromatic heterocycles. The topological polar surface area (TPSA) is 70.3 Å². The summed E-state index contributed by atoms with van der Waals surface area (Å²) >= 11 is 0. The summed E-state index contributed by atoms with van der Waals surface area (Å²) in [6, 6.07) is 9.02. The minimum Gasteiger partial charge on any atom is -0.494 e. The Bertz CT molecular complexity index is 585. The highest BCUT2D eigenvalue weighted by atomic mass is 16.5. The van der Waals surface area contributed by atoms with Crippen molar-refractivity contribution >= 4 is 5.82 Å². The average Bonchev–Trinajstić information content (AvgIpc) is 2.38. The van der Waals surface area contributed by atoms with Gasteiger partial charge in [0.25, 0.3) is 0 Å². The highest BCUT2D eigenvalue weighted by molar-refractivity contribution is 5.38. The van der Waals surface area contributed by atoms with E-state index < -0.39 is 0 Å². The van der Waals surface area contributed by atoms with E-state index in [0.717, 1.165) is 5.75 Å². The third-order valence-corrected chi connectivity index (χ3v) is 2.60. The summed E-state index contributed by atoms with van der Waals surface area (Å²) in [6.45, 7) is 6.57. The van der Waals surface area contributed by atoms with Crippen LogP contribution in [-0.4, -0.2) is 16.6 Å². The molecule has 0 saturated heterocycles. The maximum Gasteiger partial charge on any atom is 0.224 e. The third kappa shape index (κ3) is 3.60. The lowest BCUT2D eigenvalue weighted by Gasteiger charge is -2.10. The minimum atomic E-state index is 0.190. The number of hydrogen-bond acceptors (Lipinski definition) is 5.